The van der Waals surface area contributed by atoms with Gasteiger partial charge in [-0.25, -0.2) is 0 Å². The maximum Gasteiger partial charge on any atom is 0.300 e. The van der Waals surface area contributed by atoms with E-state index in [0.717, 1.165) is 17.5 Å². The summed E-state index contributed by atoms with van der Waals surface area (Å²) in [6, 6.07) is 14.8. The highest BCUT2D eigenvalue weighted by atomic mass is 16.5. The molecule has 0 saturated carbocycles. The molecule has 0 aliphatic carbocycles. The average molecular weight is 474 g/mol. The van der Waals surface area contributed by atoms with Gasteiger partial charge in [-0.2, -0.15) is 0 Å². The van der Waals surface area contributed by atoms with Gasteiger partial charge in [-0.15, -0.1) is 0 Å². The van der Waals surface area contributed by atoms with Crippen LogP contribution >= 0.6 is 0 Å². The van der Waals surface area contributed by atoms with Crippen LogP contribution in [0, 0.1) is 13.8 Å². The maximum atomic E-state index is 13.3. The van der Waals surface area contributed by atoms with E-state index >= 15 is 0 Å². The molecule has 35 heavy (non-hydrogen) atoms. The van der Waals surface area contributed by atoms with Crippen molar-refractivity contribution < 1.29 is 29.6 Å². The quantitative estimate of drug-likeness (QED) is 0.260. The number of amides is 1. The second kappa shape index (κ2) is 9.54. The van der Waals surface area contributed by atoms with Crippen LogP contribution in [0.3, 0.4) is 0 Å². The van der Waals surface area contributed by atoms with E-state index in [1.165, 1.54) is 23.1 Å². The van der Waals surface area contributed by atoms with Crippen molar-refractivity contribution in [2.75, 3.05) is 11.5 Å². The number of hydrogen-bond donors (Lipinski definition) is 3. The van der Waals surface area contributed by atoms with Crippen LogP contribution in [0.15, 0.2) is 66.2 Å². The van der Waals surface area contributed by atoms with Crippen LogP contribution in [0.25, 0.3) is 5.76 Å². The van der Waals surface area contributed by atoms with Crippen LogP contribution in [0.4, 0.5) is 5.69 Å². The highest BCUT2D eigenvalue weighted by Crippen LogP contribution is 2.45. The molecule has 1 heterocycles. The molecular formula is C28H27NO6. The van der Waals surface area contributed by atoms with Gasteiger partial charge in [0.15, 0.2) is 0 Å². The van der Waals surface area contributed by atoms with E-state index in [2.05, 4.69) is 0 Å². The van der Waals surface area contributed by atoms with Gasteiger partial charge in [0, 0.05) is 5.56 Å². The lowest BCUT2D eigenvalue weighted by molar-refractivity contribution is -0.132. The standard InChI is InChI=1S/C28H27NO6/c1-4-13-35-23-12-8-19(15-17(23)3)26(32)24-25(18-6-9-20(30)10-7-18)29(28(34)27(24)33)21-14-16(2)5-11-22(21)31/h5-12,14-15,25,30-32H,4,13H2,1-3H3/b26-24-. The molecule has 7 heteroatoms. The van der Waals surface area contributed by atoms with E-state index in [9.17, 15) is 24.9 Å². The molecule has 1 atom stereocenters. The number of benzene rings is 3. The molecule has 3 aromatic rings. The Labute approximate surface area is 203 Å². The first-order chi connectivity index (χ1) is 16.7. The van der Waals surface area contributed by atoms with E-state index in [-0.39, 0.29) is 28.5 Å². The third-order valence-corrected chi connectivity index (χ3v) is 5.95. The van der Waals surface area contributed by atoms with Gasteiger partial charge in [0.25, 0.3) is 11.7 Å². The monoisotopic (exact) mass is 473 g/mol. The number of aliphatic hydroxyl groups is 1. The van der Waals surface area contributed by atoms with Crippen molar-refractivity contribution >= 4 is 23.1 Å². The molecule has 3 aromatic carbocycles. The predicted molar refractivity (Wildman–Crippen MR) is 133 cm³/mol. The number of nitrogens with zero attached hydrogens (tertiary/aromatic N) is 1. The Bertz CT molecular complexity index is 1330. The summed E-state index contributed by atoms with van der Waals surface area (Å²) in [5.74, 6) is -1.56. The van der Waals surface area contributed by atoms with Gasteiger partial charge >= 0.3 is 0 Å². The Kier molecular flexibility index (Phi) is 6.51. The van der Waals surface area contributed by atoms with Gasteiger partial charge in [0.1, 0.15) is 23.0 Å². The number of aliphatic hydroxyl groups excluding tert-OH is 1. The van der Waals surface area contributed by atoms with Gasteiger partial charge in [0.05, 0.1) is 23.9 Å². The molecule has 1 amide bonds. The normalized spacial score (nSPS) is 17.1. The number of anilines is 1. The highest BCUT2D eigenvalue weighted by Gasteiger charge is 2.47. The number of Topliss-reactive ketones (excluding diaryl/α,β-unsaturated/α-hetero) is 1. The lowest BCUT2D eigenvalue weighted by Gasteiger charge is -2.26. The molecule has 0 spiro atoms. The van der Waals surface area contributed by atoms with Crippen LogP contribution in [-0.4, -0.2) is 33.6 Å². The van der Waals surface area contributed by atoms with Gasteiger partial charge < -0.3 is 20.1 Å². The number of aryl methyl sites for hydroxylation is 2. The minimum atomic E-state index is -1.01. The molecule has 1 aliphatic rings. The Balaban J connectivity index is 1.90. The number of phenols is 2. The zero-order valence-electron chi connectivity index (χ0n) is 19.8. The molecule has 1 fully saturated rings. The Hall–Kier alpha value is -4.26. The summed E-state index contributed by atoms with van der Waals surface area (Å²) in [4.78, 5) is 27.7. The number of phenolic OH excluding ortho intramolecular Hbond substituents is 2. The minimum Gasteiger partial charge on any atom is -0.508 e. The highest BCUT2D eigenvalue weighted by molar-refractivity contribution is 6.52. The summed E-state index contributed by atoms with van der Waals surface area (Å²) in [6.45, 7) is 6.20. The second-order valence-electron chi connectivity index (χ2n) is 8.58. The summed E-state index contributed by atoms with van der Waals surface area (Å²) in [6.07, 6.45) is 0.850. The lowest BCUT2D eigenvalue weighted by Crippen LogP contribution is -2.29. The van der Waals surface area contributed by atoms with Crippen molar-refractivity contribution in [3.63, 3.8) is 0 Å². The number of rotatable bonds is 6. The smallest absolute Gasteiger partial charge is 0.300 e. The number of hydrogen-bond acceptors (Lipinski definition) is 6. The third-order valence-electron chi connectivity index (χ3n) is 5.95. The molecule has 0 aromatic heterocycles. The number of ether oxygens (including phenoxy) is 1. The van der Waals surface area contributed by atoms with Crippen molar-refractivity contribution in [1.82, 2.24) is 0 Å². The third kappa shape index (κ3) is 4.45. The number of carbonyl (C=O) groups is 2. The van der Waals surface area contributed by atoms with Crippen molar-refractivity contribution in [3.8, 4) is 17.2 Å². The SMILES string of the molecule is CCCOc1ccc(/C(O)=C2/C(=O)C(=O)N(c3cc(C)ccc3O)C2c2ccc(O)cc2)cc1C. The molecule has 3 N–H and O–H groups in total. The molecule has 180 valence electrons. The molecule has 0 bridgehead atoms. The summed E-state index contributed by atoms with van der Waals surface area (Å²) in [7, 11) is 0. The number of ketones is 1. The summed E-state index contributed by atoms with van der Waals surface area (Å²) >= 11 is 0. The molecule has 4 rings (SSSR count). The fourth-order valence-electron chi connectivity index (χ4n) is 4.21. The average Bonchev–Trinajstić information content (AvgIpc) is 3.10. The second-order valence-corrected chi connectivity index (χ2v) is 8.58. The van der Waals surface area contributed by atoms with E-state index in [1.54, 1.807) is 49.4 Å². The fourth-order valence-corrected chi connectivity index (χ4v) is 4.21. The molecule has 1 aliphatic heterocycles. The number of aromatic hydroxyl groups is 2. The van der Waals surface area contributed by atoms with Gasteiger partial charge in [-0.05, 0) is 79.4 Å². The van der Waals surface area contributed by atoms with Crippen LogP contribution in [-0.2, 0) is 9.59 Å². The lowest BCUT2D eigenvalue weighted by atomic mass is 9.94. The molecule has 0 radical (unpaired) electrons. The molecule has 7 nitrogen and oxygen atoms in total. The van der Waals surface area contributed by atoms with E-state index in [4.69, 9.17) is 4.74 Å². The van der Waals surface area contributed by atoms with Gasteiger partial charge in [0.2, 0.25) is 0 Å². The maximum absolute atomic E-state index is 13.3. The van der Waals surface area contributed by atoms with Crippen LogP contribution < -0.4 is 9.64 Å². The number of carbonyl (C=O) groups excluding carboxylic acids is 2. The van der Waals surface area contributed by atoms with Crippen molar-refractivity contribution in [3.05, 3.63) is 88.5 Å². The molecule has 1 saturated heterocycles. The van der Waals surface area contributed by atoms with Crippen molar-refractivity contribution in [1.29, 1.82) is 0 Å². The van der Waals surface area contributed by atoms with Gasteiger partial charge in [-0.1, -0.05) is 25.1 Å². The Morgan fingerprint density at radius 1 is 0.971 bits per heavy atom. The first-order valence-corrected chi connectivity index (χ1v) is 11.4. The topological polar surface area (TPSA) is 107 Å². The summed E-state index contributed by atoms with van der Waals surface area (Å²) in [5.41, 5.74) is 2.45. The van der Waals surface area contributed by atoms with Crippen LogP contribution in [0.1, 0.15) is 41.6 Å². The largest absolute Gasteiger partial charge is 0.508 e. The Morgan fingerprint density at radius 2 is 1.69 bits per heavy atom. The van der Waals surface area contributed by atoms with E-state index < -0.39 is 17.7 Å². The van der Waals surface area contributed by atoms with E-state index in [0.29, 0.717) is 23.5 Å². The molecular weight excluding hydrogens is 446 g/mol. The van der Waals surface area contributed by atoms with Crippen molar-refractivity contribution in [2.45, 2.75) is 33.2 Å². The fraction of sp³-hybridized carbons (Fsp3) is 0.214. The Morgan fingerprint density at radius 3 is 2.34 bits per heavy atom. The first kappa shape index (κ1) is 23.9. The van der Waals surface area contributed by atoms with E-state index in [1.807, 2.05) is 13.8 Å². The van der Waals surface area contributed by atoms with Gasteiger partial charge in [-0.3, -0.25) is 14.5 Å². The summed E-state index contributed by atoms with van der Waals surface area (Å²) in [5, 5.41) is 31.6. The summed E-state index contributed by atoms with van der Waals surface area (Å²) < 4.78 is 5.71. The van der Waals surface area contributed by atoms with Crippen LogP contribution in [0.2, 0.25) is 0 Å². The zero-order valence-corrected chi connectivity index (χ0v) is 19.8. The predicted octanol–water partition coefficient (Wildman–Crippen LogP) is 5.13. The minimum absolute atomic E-state index is 0.0161. The van der Waals surface area contributed by atoms with Crippen LogP contribution in [0.5, 0.6) is 17.2 Å². The zero-order chi connectivity index (χ0) is 25.3. The first-order valence-electron chi connectivity index (χ1n) is 11.4. The molecule has 1 unspecified atom stereocenters. The van der Waals surface area contributed by atoms with Crippen molar-refractivity contribution in [2.24, 2.45) is 0 Å².